The predicted molar refractivity (Wildman–Crippen MR) is 114 cm³/mol. The van der Waals surface area contributed by atoms with Gasteiger partial charge in [0.2, 0.25) is 11.6 Å². The zero-order chi connectivity index (χ0) is 18.6. The van der Waals surface area contributed by atoms with Gasteiger partial charge in [-0.05, 0) is 58.2 Å². The van der Waals surface area contributed by atoms with Gasteiger partial charge in [0, 0.05) is 11.9 Å². The molecule has 0 N–H and O–H groups in total. The molecule has 0 fully saturated rings. The van der Waals surface area contributed by atoms with Crippen molar-refractivity contribution < 1.29 is 9.47 Å². The Morgan fingerprint density at radius 2 is 2.11 bits per heavy atom. The number of nitrogens with zero attached hydrogens (tertiary/aromatic N) is 3. The van der Waals surface area contributed by atoms with Gasteiger partial charge < -0.3 is 9.47 Å². The molecule has 0 spiro atoms. The van der Waals surface area contributed by atoms with Crippen molar-refractivity contribution >= 4 is 44.8 Å². The van der Waals surface area contributed by atoms with Crippen molar-refractivity contribution in [2.75, 3.05) is 13.3 Å². The van der Waals surface area contributed by atoms with Crippen molar-refractivity contribution in [2.24, 2.45) is 10.1 Å². The number of thiophene rings is 1. The third-order valence-electron chi connectivity index (χ3n) is 3.99. The normalized spacial score (nSPS) is 13.8. The summed E-state index contributed by atoms with van der Waals surface area (Å²) in [6.45, 7) is 3.25. The van der Waals surface area contributed by atoms with Crippen LogP contribution in [-0.2, 0) is 0 Å². The molecule has 0 radical (unpaired) electrons. The third kappa shape index (κ3) is 4.17. The van der Waals surface area contributed by atoms with Crippen molar-refractivity contribution in [3.05, 3.63) is 49.9 Å². The average molecular weight is 464 g/mol. The lowest BCUT2D eigenvalue weighted by atomic mass is 10.2. The summed E-state index contributed by atoms with van der Waals surface area (Å²) in [4.78, 5) is 6.79. The van der Waals surface area contributed by atoms with E-state index < -0.39 is 0 Å². The van der Waals surface area contributed by atoms with E-state index in [2.05, 4.69) is 40.4 Å². The van der Waals surface area contributed by atoms with Crippen molar-refractivity contribution in [1.29, 1.82) is 0 Å². The summed E-state index contributed by atoms with van der Waals surface area (Å²) in [6, 6.07) is 9.97. The van der Waals surface area contributed by atoms with Gasteiger partial charge in [-0.3, -0.25) is 4.99 Å². The number of aromatic nitrogens is 1. The molecule has 0 amide bonds. The second-order valence-corrected chi connectivity index (χ2v) is 9.21. The Morgan fingerprint density at radius 1 is 1.22 bits per heavy atom. The molecule has 8 heteroatoms. The fourth-order valence-corrected chi connectivity index (χ4v) is 4.91. The number of fused-ring (bicyclic) bond motifs is 1. The van der Waals surface area contributed by atoms with Crippen molar-refractivity contribution in [2.45, 2.75) is 19.8 Å². The molecule has 1 aromatic carbocycles. The van der Waals surface area contributed by atoms with Gasteiger partial charge in [0.1, 0.15) is 0 Å². The summed E-state index contributed by atoms with van der Waals surface area (Å²) in [7, 11) is 0. The number of ether oxygens (including phenoxy) is 2. The maximum absolute atomic E-state index is 5.45. The molecule has 27 heavy (non-hydrogen) atoms. The molecule has 4 rings (SSSR count). The summed E-state index contributed by atoms with van der Waals surface area (Å²) >= 11 is 6.84. The number of hydrogen-bond donors (Lipinski definition) is 0. The monoisotopic (exact) mass is 463 g/mol. The molecular weight excluding hydrogens is 446 g/mol. The van der Waals surface area contributed by atoms with E-state index in [1.54, 1.807) is 22.7 Å². The first-order valence-corrected chi connectivity index (χ1v) is 11.1. The molecule has 2 aromatic heterocycles. The summed E-state index contributed by atoms with van der Waals surface area (Å²) in [5.41, 5.74) is 2.00. The Hall–Kier alpha value is -1.90. The maximum atomic E-state index is 5.45. The number of unbranched alkanes of at least 4 members (excludes halogenated alkanes) is 1. The van der Waals surface area contributed by atoms with Crippen LogP contribution in [0.2, 0.25) is 0 Å². The van der Waals surface area contributed by atoms with Gasteiger partial charge in [-0.2, -0.15) is 5.10 Å². The lowest BCUT2D eigenvalue weighted by Gasteiger charge is -2.02. The van der Waals surface area contributed by atoms with Gasteiger partial charge in [-0.25, -0.2) is 4.68 Å². The highest BCUT2D eigenvalue weighted by molar-refractivity contribution is 9.11. The average Bonchev–Trinajstić information content (AvgIpc) is 3.39. The zero-order valence-corrected chi connectivity index (χ0v) is 17.9. The summed E-state index contributed by atoms with van der Waals surface area (Å²) in [5.74, 6) is 1.53. The van der Waals surface area contributed by atoms with Gasteiger partial charge in [0.15, 0.2) is 11.5 Å². The number of rotatable bonds is 6. The van der Waals surface area contributed by atoms with E-state index in [4.69, 9.17) is 19.6 Å². The minimum atomic E-state index is 0.271. The van der Waals surface area contributed by atoms with Crippen molar-refractivity contribution in [1.82, 2.24) is 4.68 Å². The molecule has 0 bridgehead atoms. The molecule has 5 nitrogen and oxygen atoms in total. The largest absolute Gasteiger partial charge is 0.454 e. The Labute approximate surface area is 173 Å². The van der Waals surface area contributed by atoms with Crippen LogP contribution < -0.4 is 14.3 Å². The van der Waals surface area contributed by atoms with Crippen LogP contribution in [0.3, 0.4) is 0 Å². The second-order valence-electron chi connectivity index (χ2n) is 5.91. The Morgan fingerprint density at radius 3 is 2.93 bits per heavy atom. The van der Waals surface area contributed by atoms with Crippen LogP contribution in [0.4, 0.5) is 0 Å². The van der Waals surface area contributed by atoms with E-state index in [1.807, 2.05) is 29.1 Å². The van der Waals surface area contributed by atoms with Gasteiger partial charge in [-0.1, -0.05) is 13.3 Å². The van der Waals surface area contributed by atoms with Gasteiger partial charge in [0.25, 0.3) is 0 Å². The van der Waals surface area contributed by atoms with Crippen LogP contribution in [0.1, 0.15) is 25.3 Å². The molecule has 0 unspecified atom stereocenters. The highest BCUT2D eigenvalue weighted by Gasteiger charge is 2.13. The number of hydrogen-bond acceptors (Lipinski definition) is 6. The summed E-state index contributed by atoms with van der Waals surface area (Å²) in [5, 5.41) is 6.84. The zero-order valence-electron chi connectivity index (χ0n) is 14.7. The molecule has 0 saturated carbocycles. The highest BCUT2D eigenvalue weighted by Crippen LogP contribution is 2.33. The minimum absolute atomic E-state index is 0.271. The van der Waals surface area contributed by atoms with Crippen LogP contribution in [0.25, 0.3) is 10.6 Å². The fraction of sp³-hybridized carbons (Fsp3) is 0.263. The van der Waals surface area contributed by atoms with Crippen LogP contribution >= 0.6 is 38.6 Å². The molecule has 0 atom stereocenters. The molecule has 1 aliphatic heterocycles. The quantitative estimate of drug-likeness (QED) is 0.365. The van der Waals surface area contributed by atoms with Crippen LogP contribution in [0.15, 0.2) is 49.6 Å². The molecule has 3 heterocycles. The smallest absolute Gasteiger partial charge is 0.231 e. The molecule has 140 valence electrons. The van der Waals surface area contributed by atoms with E-state index in [9.17, 15) is 0 Å². The summed E-state index contributed by atoms with van der Waals surface area (Å²) in [6.07, 6.45) is 4.03. The van der Waals surface area contributed by atoms with E-state index in [0.29, 0.717) is 0 Å². The van der Waals surface area contributed by atoms with Gasteiger partial charge in [0.05, 0.1) is 20.6 Å². The molecule has 3 aromatic rings. The van der Waals surface area contributed by atoms with Gasteiger partial charge in [-0.15, -0.1) is 22.7 Å². The maximum Gasteiger partial charge on any atom is 0.231 e. The predicted octanol–water partition coefficient (Wildman–Crippen LogP) is 5.35. The first kappa shape index (κ1) is 18.5. The summed E-state index contributed by atoms with van der Waals surface area (Å²) < 4.78 is 13.8. The van der Waals surface area contributed by atoms with E-state index >= 15 is 0 Å². The molecule has 0 aliphatic carbocycles. The standard InChI is InChI=1S/C19H18BrN3O2S2/c1-2-3-8-21-19-23(14(11-26-19)17-6-7-18(20)27-17)22-10-13-4-5-15-16(9-13)25-12-24-15/h4-7,9-11H,2-3,8,12H2,1H3/b21-19?,22-10-. The molecule has 1 aliphatic rings. The van der Waals surface area contributed by atoms with Crippen LogP contribution in [-0.4, -0.2) is 24.2 Å². The fourth-order valence-electron chi connectivity index (χ4n) is 2.59. The molecular formula is C19H18BrN3O2S2. The van der Waals surface area contributed by atoms with Crippen molar-refractivity contribution in [3.8, 4) is 22.1 Å². The lowest BCUT2D eigenvalue weighted by Crippen LogP contribution is -2.12. The first-order valence-electron chi connectivity index (χ1n) is 8.65. The highest BCUT2D eigenvalue weighted by atomic mass is 79.9. The Bertz CT molecular complexity index is 1040. The van der Waals surface area contributed by atoms with Crippen LogP contribution in [0, 0.1) is 0 Å². The molecule has 0 saturated heterocycles. The topological polar surface area (TPSA) is 48.1 Å². The minimum Gasteiger partial charge on any atom is -0.454 e. The Kier molecular flexibility index (Phi) is 5.75. The van der Waals surface area contributed by atoms with Gasteiger partial charge >= 0.3 is 0 Å². The lowest BCUT2D eigenvalue weighted by molar-refractivity contribution is 0.174. The number of halogens is 1. The third-order valence-corrected chi connectivity index (χ3v) is 6.49. The van der Waals surface area contributed by atoms with Crippen molar-refractivity contribution in [3.63, 3.8) is 0 Å². The van der Waals surface area contributed by atoms with E-state index in [0.717, 1.165) is 55.6 Å². The Balaban J connectivity index is 1.70. The SMILES string of the molecule is CCCCN=c1scc(-c2ccc(Br)s2)n1/N=C\c1ccc2c(c1)OCO2. The number of thiazole rings is 1. The second kappa shape index (κ2) is 8.41. The van der Waals surface area contributed by atoms with E-state index in [-0.39, 0.29) is 6.79 Å². The number of benzene rings is 1. The van der Waals surface area contributed by atoms with Crippen LogP contribution in [0.5, 0.6) is 11.5 Å². The van der Waals surface area contributed by atoms with E-state index in [1.165, 1.54) is 0 Å². The first-order chi connectivity index (χ1) is 13.2.